The van der Waals surface area contributed by atoms with Crippen LogP contribution >= 0.6 is 0 Å². The molecule has 142 valence electrons. The molecule has 1 heterocycles. The van der Waals surface area contributed by atoms with Crippen molar-refractivity contribution in [2.75, 3.05) is 6.79 Å². The number of carbonyl (C=O) groups is 2. The molecule has 0 bridgehead atoms. The quantitative estimate of drug-likeness (QED) is 0.793. The Kier molecular flexibility index (Phi) is 5.64. The number of carbonyl (C=O) groups excluding carboxylic acids is 2. The molecule has 0 radical (unpaired) electrons. The van der Waals surface area contributed by atoms with E-state index in [9.17, 15) is 9.59 Å². The second-order valence-electron chi connectivity index (χ2n) is 6.63. The number of ether oxygens (including phenoxy) is 3. The minimum absolute atomic E-state index is 0.140. The van der Waals surface area contributed by atoms with E-state index in [-0.39, 0.29) is 19.1 Å². The predicted octanol–water partition coefficient (Wildman–Crippen LogP) is 2.82. The number of hydrogen-bond acceptors (Lipinski definition) is 5. The lowest BCUT2D eigenvalue weighted by Gasteiger charge is -2.14. The topological polar surface area (TPSA) is 73.9 Å². The van der Waals surface area contributed by atoms with Crippen LogP contribution in [0.15, 0.2) is 36.4 Å². The summed E-state index contributed by atoms with van der Waals surface area (Å²) in [6.07, 6.45) is -0.723. The van der Waals surface area contributed by atoms with Crippen molar-refractivity contribution < 1.29 is 23.8 Å². The van der Waals surface area contributed by atoms with Gasteiger partial charge < -0.3 is 19.5 Å². The average Bonchev–Trinajstić information content (AvgIpc) is 3.10. The van der Waals surface area contributed by atoms with Crippen molar-refractivity contribution in [3.8, 4) is 11.5 Å². The molecule has 0 aliphatic carbocycles. The van der Waals surface area contributed by atoms with Gasteiger partial charge in [-0.2, -0.15) is 0 Å². The Morgan fingerprint density at radius 1 is 1.04 bits per heavy atom. The molecule has 6 nitrogen and oxygen atoms in total. The Balaban J connectivity index is 1.48. The molecule has 1 aliphatic heterocycles. The number of aryl methyl sites for hydroxylation is 2. The van der Waals surface area contributed by atoms with Gasteiger partial charge in [-0.15, -0.1) is 0 Å². The van der Waals surface area contributed by atoms with Crippen molar-refractivity contribution in [3.63, 3.8) is 0 Å². The Hall–Kier alpha value is -3.02. The van der Waals surface area contributed by atoms with Crippen molar-refractivity contribution in [2.45, 2.75) is 39.8 Å². The highest BCUT2D eigenvalue weighted by molar-refractivity contribution is 5.83. The SMILES string of the molecule is Cc1ccc(CC(=O)O[C@H](C)C(=O)NCc2ccc3c(c2)OCO3)cc1C. The van der Waals surface area contributed by atoms with E-state index in [1.54, 1.807) is 13.0 Å². The summed E-state index contributed by atoms with van der Waals surface area (Å²) in [6, 6.07) is 11.3. The smallest absolute Gasteiger partial charge is 0.311 e. The van der Waals surface area contributed by atoms with E-state index in [4.69, 9.17) is 14.2 Å². The molecule has 1 amide bonds. The van der Waals surface area contributed by atoms with Crippen molar-refractivity contribution in [1.29, 1.82) is 0 Å². The maximum absolute atomic E-state index is 12.2. The van der Waals surface area contributed by atoms with Crippen LogP contribution < -0.4 is 14.8 Å². The van der Waals surface area contributed by atoms with Crippen LogP contribution in [0.3, 0.4) is 0 Å². The van der Waals surface area contributed by atoms with Crippen LogP contribution in [0.1, 0.15) is 29.2 Å². The fraction of sp³-hybridized carbons (Fsp3) is 0.333. The molecule has 6 heteroatoms. The Morgan fingerprint density at radius 3 is 2.56 bits per heavy atom. The van der Waals surface area contributed by atoms with E-state index in [1.807, 2.05) is 44.2 Å². The Bertz CT molecular complexity index is 862. The van der Waals surface area contributed by atoms with Crippen LogP contribution in [-0.2, 0) is 27.3 Å². The summed E-state index contributed by atoms with van der Waals surface area (Å²) < 4.78 is 15.8. The lowest BCUT2D eigenvalue weighted by Crippen LogP contribution is -2.35. The first-order valence-corrected chi connectivity index (χ1v) is 8.84. The number of hydrogen-bond donors (Lipinski definition) is 1. The molecule has 2 aromatic rings. The van der Waals surface area contributed by atoms with Gasteiger partial charge in [0, 0.05) is 6.54 Å². The lowest BCUT2D eigenvalue weighted by molar-refractivity contribution is -0.154. The number of nitrogens with one attached hydrogen (secondary N) is 1. The van der Waals surface area contributed by atoms with Gasteiger partial charge in [0.05, 0.1) is 6.42 Å². The zero-order valence-corrected chi connectivity index (χ0v) is 15.7. The zero-order valence-electron chi connectivity index (χ0n) is 15.7. The zero-order chi connectivity index (χ0) is 19.4. The van der Waals surface area contributed by atoms with Gasteiger partial charge in [0.25, 0.3) is 5.91 Å². The molecule has 3 rings (SSSR count). The Morgan fingerprint density at radius 2 is 1.78 bits per heavy atom. The first-order valence-electron chi connectivity index (χ1n) is 8.84. The van der Waals surface area contributed by atoms with E-state index in [0.717, 1.165) is 16.7 Å². The predicted molar refractivity (Wildman–Crippen MR) is 99.6 cm³/mol. The maximum Gasteiger partial charge on any atom is 0.311 e. The van der Waals surface area contributed by atoms with Gasteiger partial charge in [0.15, 0.2) is 17.6 Å². The minimum Gasteiger partial charge on any atom is -0.454 e. The summed E-state index contributed by atoms with van der Waals surface area (Å²) in [5.41, 5.74) is 4.04. The molecule has 0 aromatic heterocycles. The van der Waals surface area contributed by atoms with Gasteiger partial charge in [0.2, 0.25) is 6.79 Å². The highest BCUT2D eigenvalue weighted by atomic mass is 16.7. The third-order valence-corrected chi connectivity index (χ3v) is 4.50. The van der Waals surface area contributed by atoms with Crippen molar-refractivity contribution in [1.82, 2.24) is 5.32 Å². The molecule has 0 saturated heterocycles. The molecule has 27 heavy (non-hydrogen) atoms. The summed E-state index contributed by atoms with van der Waals surface area (Å²) in [5, 5.41) is 2.76. The summed E-state index contributed by atoms with van der Waals surface area (Å²) in [4.78, 5) is 24.3. The summed E-state index contributed by atoms with van der Waals surface area (Å²) >= 11 is 0. The Labute approximate surface area is 158 Å². The molecule has 0 saturated carbocycles. The van der Waals surface area contributed by atoms with Crippen LogP contribution in [0.5, 0.6) is 11.5 Å². The summed E-state index contributed by atoms with van der Waals surface area (Å²) in [6.45, 7) is 6.10. The normalized spacial score (nSPS) is 13.1. The molecule has 0 unspecified atom stereocenters. The summed E-state index contributed by atoms with van der Waals surface area (Å²) in [7, 11) is 0. The van der Waals surface area contributed by atoms with Gasteiger partial charge in [-0.3, -0.25) is 9.59 Å². The van der Waals surface area contributed by atoms with Crippen LogP contribution in [0.2, 0.25) is 0 Å². The lowest BCUT2D eigenvalue weighted by atomic mass is 10.0. The average molecular weight is 369 g/mol. The molecule has 1 aliphatic rings. The standard InChI is InChI=1S/C21H23NO5/c1-13-4-5-16(8-14(13)2)10-20(23)27-15(3)21(24)22-11-17-6-7-18-19(9-17)26-12-25-18/h4-9,15H,10-12H2,1-3H3,(H,22,24)/t15-/m1/s1. The fourth-order valence-electron chi connectivity index (χ4n) is 2.76. The third kappa shape index (κ3) is 4.78. The molecule has 0 spiro atoms. The van der Waals surface area contributed by atoms with Gasteiger partial charge in [-0.1, -0.05) is 24.3 Å². The third-order valence-electron chi connectivity index (χ3n) is 4.50. The van der Waals surface area contributed by atoms with Crippen LogP contribution in [-0.4, -0.2) is 24.8 Å². The van der Waals surface area contributed by atoms with E-state index >= 15 is 0 Å². The van der Waals surface area contributed by atoms with E-state index in [2.05, 4.69) is 5.32 Å². The highest BCUT2D eigenvalue weighted by Gasteiger charge is 2.19. The molecule has 2 aromatic carbocycles. The number of rotatable bonds is 6. The van der Waals surface area contributed by atoms with Gasteiger partial charge >= 0.3 is 5.97 Å². The highest BCUT2D eigenvalue weighted by Crippen LogP contribution is 2.32. The van der Waals surface area contributed by atoms with E-state index in [0.29, 0.717) is 18.0 Å². The first-order chi connectivity index (χ1) is 12.9. The molecule has 1 N–H and O–H groups in total. The van der Waals surface area contributed by atoms with Crippen LogP contribution in [0.25, 0.3) is 0 Å². The van der Waals surface area contributed by atoms with E-state index in [1.165, 1.54) is 5.56 Å². The first kappa shape index (κ1) is 18.8. The number of esters is 1. The second kappa shape index (κ2) is 8.12. The van der Waals surface area contributed by atoms with Gasteiger partial charge in [-0.25, -0.2) is 0 Å². The van der Waals surface area contributed by atoms with Crippen molar-refractivity contribution >= 4 is 11.9 Å². The second-order valence-corrected chi connectivity index (χ2v) is 6.63. The number of fused-ring (bicyclic) bond motifs is 1. The largest absolute Gasteiger partial charge is 0.454 e. The molecular weight excluding hydrogens is 346 g/mol. The fourth-order valence-corrected chi connectivity index (χ4v) is 2.76. The van der Waals surface area contributed by atoms with Gasteiger partial charge in [0.1, 0.15) is 0 Å². The molecule has 0 fully saturated rings. The monoisotopic (exact) mass is 369 g/mol. The number of amides is 1. The maximum atomic E-state index is 12.2. The van der Waals surface area contributed by atoms with Crippen LogP contribution in [0.4, 0.5) is 0 Å². The number of benzene rings is 2. The van der Waals surface area contributed by atoms with Crippen LogP contribution in [0, 0.1) is 13.8 Å². The minimum atomic E-state index is -0.863. The molecule has 1 atom stereocenters. The summed E-state index contributed by atoms with van der Waals surface area (Å²) in [5.74, 6) is 0.582. The van der Waals surface area contributed by atoms with E-state index < -0.39 is 12.1 Å². The van der Waals surface area contributed by atoms with Crippen molar-refractivity contribution in [3.05, 3.63) is 58.7 Å². The van der Waals surface area contributed by atoms with Crippen molar-refractivity contribution in [2.24, 2.45) is 0 Å². The molecular formula is C21H23NO5. The van der Waals surface area contributed by atoms with Gasteiger partial charge in [-0.05, 0) is 55.2 Å².